The number of fused-ring (bicyclic) bond motifs is 1. The lowest BCUT2D eigenvalue weighted by molar-refractivity contribution is -0.121. The minimum Gasteiger partial charge on any atom is -0.467 e. The van der Waals surface area contributed by atoms with Crippen LogP contribution < -0.4 is 10.2 Å². The lowest BCUT2D eigenvalue weighted by atomic mass is 10.1. The number of rotatable bonds is 10. The van der Waals surface area contributed by atoms with E-state index in [0.717, 1.165) is 41.3 Å². The minimum atomic E-state index is -0.0340. The summed E-state index contributed by atoms with van der Waals surface area (Å²) in [7, 11) is 0. The molecule has 0 aliphatic carbocycles. The van der Waals surface area contributed by atoms with Gasteiger partial charge in [0, 0.05) is 36.3 Å². The number of hydrogen-bond donors (Lipinski definition) is 1. The third kappa shape index (κ3) is 6.11. The molecule has 1 amide bonds. The van der Waals surface area contributed by atoms with Gasteiger partial charge in [0.05, 0.1) is 18.3 Å². The van der Waals surface area contributed by atoms with E-state index in [4.69, 9.17) is 21.0 Å². The molecule has 7 heteroatoms. The van der Waals surface area contributed by atoms with Crippen molar-refractivity contribution in [3.63, 3.8) is 0 Å². The van der Waals surface area contributed by atoms with Crippen LogP contribution in [0.15, 0.2) is 71.3 Å². The van der Waals surface area contributed by atoms with Gasteiger partial charge in [0.25, 0.3) is 0 Å². The fourth-order valence-electron chi connectivity index (χ4n) is 3.69. The number of amides is 1. The van der Waals surface area contributed by atoms with Crippen LogP contribution in [0.25, 0.3) is 10.9 Å². The second-order valence-electron chi connectivity index (χ2n) is 7.81. The molecule has 170 valence electrons. The molecule has 2 aromatic heterocycles. The molecule has 0 unspecified atom stereocenters. The molecule has 33 heavy (non-hydrogen) atoms. The summed E-state index contributed by atoms with van der Waals surface area (Å²) in [5.41, 5.74) is 2.05. The van der Waals surface area contributed by atoms with Gasteiger partial charge in [-0.3, -0.25) is 4.79 Å². The molecule has 0 aliphatic rings. The summed E-state index contributed by atoms with van der Waals surface area (Å²) in [4.78, 5) is 24.2. The van der Waals surface area contributed by atoms with Crippen LogP contribution in [0.5, 0.6) is 0 Å². The van der Waals surface area contributed by atoms with E-state index in [2.05, 4.69) is 27.3 Å². The summed E-state index contributed by atoms with van der Waals surface area (Å²) < 4.78 is 5.30. The molecular weight excluding hydrogens is 436 g/mol. The zero-order valence-corrected chi connectivity index (χ0v) is 19.4. The molecule has 4 aromatic rings. The van der Waals surface area contributed by atoms with Crippen molar-refractivity contribution >= 4 is 34.2 Å². The predicted octanol–water partition coefficient (Wildman–Crippen LogP) is 5.19. The molecule has 6 nitrogen and oxygen atoms in total. The number of anilines is 1. The van der Waals surface area contributed by atoms with Crippen LogP contribution in [0.3, 0.4) is 0 Å². The molecule has 0 bridgehead atoms. The summed E-state index contributed by atoms with van der Waals surface area (Å²) in [6.07, 6.45) is 3.50. The van der Waals surface area contributed by atoms with Crippen molar-refractivity contribution in [1.29, 1.82) is 0 Å². The quantitative estimate of drug-likeness (QED) is 0.351. The molecule has 0 atom stereocenters. The fourth-order valence-corrected chi connectivity index (χ4v) is 3.85. The molecule has 4 rings (SSSR count). The Balaban J connectivity index is 1.56. The highest BCUT2D eigenvalue weighted by Gasteiger charge is 2.16. The normalized spacial score (nSPS) is 11.0. The minimum absolute atomic E-state index is 0.0340. The average Bonchev–Trinajstić information content (AvgIpc) is 3.36. The molecule has 0 saturated carbocycles. The van der Waals surface area contributed by atoms with E-state index in [9.17, 15) is 4.79 Å². The van der Waals surface area contributed by atoms with Gasteiger partial charge in [-0.25, -0.2) is 9.97 Å². The highest BCUT2D eigenvalue weighted by Crippen LogP contribution is 2.27. The van der Waals surface area contributed by atoms with Gasteiger partial charge in [0.15, 0.2) is 0 Å². The highest BCUT2D eigenvalue weighted by atomic mass is 35.5. The SMILES string of the molecule is CCc1nc(N(CCC(=O)NCc2ccco2)CCc2ccccc2)c2ccc(Cl)cc2n1. The first-order chi connectivity index (χ1) is 16.1. The number of benzene rings is 2. The Morgan fingerprint density at radius 3 is 2.67 bits per heavy atom. The maximum absolute atomic E-state index is 12.5. The number of aryl methyl sites for hydroxylation is 1. The molecular formula is C26H27ClN4O2. The number of aromatic nitrogens is 2. The van der Waals surface area contributed by atoms with Crippen LogP contribution in [0.1, 0.15) is 30.5 Å². The van der Waals surface area contributed by atoms with Crippen molar-refractivity contribution < 1.29 is 9.21 Å². The van der Waals surface area contributed by atoms with Crippen molar-refractivity contribution in [2.24, 2.45) is 0 Å². The number of carbonyl (C=O) groups is 1. The van der Waals surface area contributed by atoms with E-state index in [1.807, 2.05) is 55.5 Å². The number of furan rings is 1. The summed E-state index contributed by atoms with van der Waals surface area (Å²) in [6, 6.07) is 19.7. The fraction of sp³-hybridized carbons (Fsp3) is 0.269. The number of halogens is 1. The van der Waals surface area contributed by atoms with E-state index >= 15 is 0 Å². The van der Waals surface area contributed by atoms with E-state index in [-0.39, 0.29) is 5.91 Å². The largest absolute Gasteiger partial charge is 0.467 e. The third-order valence-corrected chi connectivity index (χ3v) is 5.70. The first-order valence-corrected chi connectivity index (χ1v) is 11.5. The van der Waals surface area contributed by atoms with Crippen molar-refractivity contribution in [3.8, 4) is 0 Å². The van der Waals surface area contributed by atoms with Gasteiger partial charge in [-0.1, -0.05) is 48.9 Å². The molecule has 0 fully saturated rings. The number of hydrogen-bond acceptors (Lipinski definition) is 5. The van der Waals surface area contributed by atoms with Crippen molar-refractivity contribution in [1.82, 2.24) is 15.3 Å². The van der Waals surface area contributed by atoms with Gasteiger partial charge in [0.1, 0.15) is 17.4 Å². The van der Waals surface area contributed by atoms with Crippen molar-refractivity contribution in [2.45, 2.75) is 32.7 Å². The molecule has 0 saturated heterocycles. The van der Waals surface area contributed by atoms with E-state index in [1.165, 1.54) is 5.56 Å². The third-order valence-electron chi connectivity index (χ3n) is 5.46. The van der Waals surface area contributed by atoms with E-state index in [0.29, 0.717) is 31.0 Å². The molecule has 0 radical (unpaired) electrons. The zero-order chi connectivity index (χ0) is 23.0. The second kappa shape index (κ2) is 11.0. The maximum Gasteiger partial charge on any atom is 0.222 e. The van der Waals surface area contributed by atoms with Crippen LogP contribution in [0.2, 0.25) is 5.02 Å². The number of nitrogens with zero attached hydrogens (tertiary/aromatic N) is 3. The first kappa shape index (κ1) is 22.8. The molecule has 0 spiro atoms. The smallest absolute Gasteiger partial charge is 0.222 e. The Morgan fingerprint density at radius 2 is 1.91 bits per heavy atom. The van der Waals surface area contributed by atoms with Crippen LogP contribution in [0.4, 0.5) is 5.82 Å². The molecule has 2 aromatic carbocycles. The summed E-state index contributed by atoms with van der Waals surface area (Å²) >= 11 is 6.23. The Hall–Kier alpha value is -3.38. The summed E-state index contributed by atoms with van der Waals surface area (Å²) in [6.45, 7) is 3.68. The molecule has 1 N–H and O–H groups in total. The van der Waals surface area contributed by atoms with Gasteiger partial charge < -0.3 is 14.6 Å². The van der Waals surface area contributed by atoms with Crippen LogP contribution in [0, 0.1) is 0 Å². The van der Waals surface area contributed by atoms with Gasteiger partial charge in [-0.15, -0.1) is 0 Å². The van der Waals surface area contributed by atoms with Crippen LogP contribution in [-0.4, -0.2) is 29.0 Å². The summed E-state index contributed by atoms with van der Waals surface area (Å²) in [5, 5.41) is 4.50. The number of carbonyl (C=O) groups excluding carboxylic acids is 1. The maximum atomic E-state index is 12.5. The monoisotopic (exact) mass is 462 g/mol. The average molecular weight is 463 g/mol. The van der Waals surface area contributed by atoms with E-state index in [1.54, 1.807) is 6.26 Å². The standard InChI is InChI=1S/C26H27ClN4O2/c1-2-24-29-23-17-20(27)10-11-22(23)26(30-24)31(14-12-19-7-4-3-5-8-19)15-13-25(32)28-18-21-9-6-16-33-21/h3-11,16-17H,2,12-15,18H2,1H3,(H,28,32). The Bertz CT molecular complexity index is 1200. The molecule has 0 aliphatic heterocycles. The first-order valence-electron chi connectivity index (χ1n) is 11.2. The van der Waals surface area contributed by atoms with Gasteiger partial charge >= 0.3 is 0 Å². The zero-order valence-electron chi connectivity index (χ0n) is 18.6. The van der Waals surface area contributed by atoms with Gasteiger partial charge in [0.2, 0.25) is 5.91 Å². The lowest BCUT2D eigenvalue weighted by Gasteiger charge is -2.25. The van der Waals surface area contributed by atoms with Crippen LogP contribution >= 0.6 is 11.6 Å². The molecule has 2 heterocycles. The van der Waals surface area contributed by atoms with Crippen LogP contribution in [-0.2, 0) is 24.2 Å². The Labute approximate surface area is 198 Å². The second-order valence-corrected chi connectivity index (χ2v) is 8.24. The Morgan fingerprint density at radius 1 is 1.06 bits per heavy atom. The van der Waals surface area contributed by atoms with Gasteiger partial charge in [-0.2, -0.15) is 0 Å². The highest BCUT2D eigenvalue weighted by molar-refractivity contribution is 6.31. The Kier molecular flexibility index (Phi) is 7.58. The summed E-state index contributed by atoms with van der Waals surface area (Å²) in [5.74, 6) is 2.29. The van der Waals surface area contributed by atoms with Gasteiger partial charge in [-0.05, 0) is 42.3 Å². The van der Waals surface area contributed by atoms with Crippen molar-refractivity contribution in [3.05, 3.63) is 89.1 Å². The lowest BCUT2D eigenvalue weighted by Crippen LogP contribution is -2.33. The predicted molar refractivity (Wildman–Crippen MR) is 131 cm³/mol. The van der Waals surface area contributed by atoms with Crippen molar-refractivity contribution in [2.75, 3.05) is 18.0 Å². The van der Waals surface area contributed by atoms with E-state index < -0.39 is 0 Å². The number of nitrogens with one attached hydrogen (secondary N) is 1. The topological polar surface area (TPSA) is 71.3 Å².